The summed E-state index contributed by atoms with van der Waals surface area (Å²) in [6.07, 6.45) is 1.97. The number of hydrogen-bond donors (Lipinski definition) is 3. The van der Waals surface area contributed by atoms with Crippen LogP contribution in [0.15, 0.2) is 40.4 Å². The molecule has 1 saturated carbocycles. The molecule has 2 fully saturated rings. The summed E-state index contributed by atoms with van der Waals surface area (Å²) in [4.78, 5) is 31.7. The molecule has 2 aromatic heterocycles. The van der Waals surface area contributed by atoms with Gasteiger partial charge in [0.05, 0.1) is 0 Å². The lowest BCUT2D eigenvalue weighted by Crippen LogP contribution is -2.45. The highest BCUT2D eigenvalue weighted by molar-refractivity contribution is 7.99. The van der Waals surface area contributed by atoms with Crippen LogP contribution in [0.4, 0.5) is 23.4 Å². The average molecular weight is 508 g/mol. The second-order valence-electron chi connectivity index (χ2n) is 10.5. The molecule has 1 aliphatic heterocycles. The number of carbonyl (C=O) groups is 1. The smallest absolute Gasteiger partial charge is 0.234 e. The van der Waals surface area contributed by atoms with Crippen molar-refractivity contribution in [1.82, 2.24) is 30.0 Å². The highest BCUT2D eigenvalue weighted by Gasteiger charge is 2.29. The highest BCUT2D eigenvalue weighted by atomic mass is 32.2. The lowest BCUT2D eigenvalue weighted by molar-refractivity contribution is -0.117. The fraction of sp³-hybridized carbons (Fsp3) is 0.480. The maximum absolute atomic E-state index is 12.0. The molecule has 5 rings (SSSR count). The van der Waals surface area contributed by atoms with Gasteiger partial charge in [0.25, 0.3) is 0 Å². The predicted molar refractivity (Wildman–Crippen MR) is 142 cm³/mol. The van der Waals surface area contributed by atoms with Gasteiger partial charge in [-0.25, -0.2) is 0 Å². The molecule has 3 N–H and O–H groups in total. The average Bonchev–Trinajstić information content (AvgIpc) is 3.58. The van der Waals surface area contributed by atoms with E-state index in [1.165, 1.54) is 11.8 Å². The second-order valence-corrected chi connectivity index (χ2v) is 11.5. The largest absolute Gasteiger partial charge is 0.338 e. The summed E-state index contributed by atoms with van der Waals surface area (Å²) in [6, 6.07) is 9.77. The molecule has 1 aliphatic carbocycles. The molecule has 1 aromatic carbocycles. The maximum Gasteiger partial charge on any atom is 0.234 e. The van der Waals surface area contributed by atoms with Crippen molar-refractivity contribution in [2.24, 2.45) is 5.92 Å². The van der Waals surface area contributed by atoms with E-state index in [0.29, 0.717) is 22.9 Å². The Balaban J connectivity index is 1.36. The first-order chi connectivity index (χ1) is 17.2. The van der Waals surface area contributed by atoms with Gasteiger partial charge in [0.2, 0.25) is 17.8 Å². The van der Waals surface area contributed by atoms with Gasteiger partial charge in [-0.1, -0.05) is 20.8 Å². The summed E-state index contributed by atoms with van der Waals surface area (Å²) in [7, 11) is 2.13. The van der Waals surface area contributed by atoms with Crippen molar-refractivity contribution in [3.8, 4) is 0 Å². The van der Waals surface area contributed by atoms with E-state index in [-0.39, 0.29) is 17.2 Å². The van der Waals surface area contributed by atoms with Crippen molar-refractivity contribution in [3.63, 3.8) is 0 Å². The molecule has 3 aromatic rings. The second kappa shape index (κ2) is 10.1. The quantitative estimate of drug-likeness (QED) is 0.438. The molecule has 0 unspecified atom stereocenters. The summed E-state index contributed by atoms with van der Waals surface area (Å²) in [5.41, 5.74) is 1.80. The molecule has 3 heterocycles. The Morgan fingerprint density at radius 3 is 2.42 bits per heavy atom. The van der Waals surface area contributed by atoms with Crippen LogP contribution in [0.5, 0.6) is 0 Å². The summed E-state index contributed by atoms with van der Waals surface area (Å²) >= 11 is 1.47. The molecule has 0 spiro atoms. The van der Waals surface area contributed by atoms with Gasteiger partial charge in [0.1, 0.15) is 0 Å². The zero-order valence-corrected chi connectivity index (χ0v) is 22.0. The van der Waals surface area contributed by atoms with Crippen LogP contribution in [0.25, 0.3) is 0 Å². The third-order valence-corrected chi connectivity index (χ3v) is 7.17. The Morgan fingerprint density at radius 2 is 1.78 bits per heavy atom. The number of nitrogens with one attached hydrogen (secondary N) is 3. The maximum atomic E-state index is 12.0. The van der Waals surface area contributed by atoms with Crippen LogP contribution >= 0.6 is 11.8 Å². The molecule has 10 nitrogen and oxygen atoms in total. The minimum Gasteiger partial charge on any atom is -0.338 e. The minimum absolute atomic E-state index is 0.0394. The van der Waals surface area contributed by atoms with E-state index in [1.54, 1.807) is 0 Å². The van der Waals surface area contributed by atoms with Crippen molar-refractivity contribution in [2.75, 3.05) is 48.8 Å². The Morgan fingerprint density at radius 1 is 1.06 bits per heavy atom. The van der Waals surface area contributed by atoms with Crippen LogP contribution in [-0.2, 0) is 10.2 Å². The number of benzene rings is 1. The lowest BCUT2D eigenvalue weighted by atomic mass is 9.92. The molecule has 2 aliphatic rings. The van der Waals surface area contributed by atoms with Gasteiger partial charge in [-0.2, -0.15) is 20.1 Å². The van der Waals surface area contributed by atoms with Crippen molar-refractivity contribution in [2.45, 2.75) is 49.1 Å². The molecule has 0 bridgehead atoms. The number of rotatable bonds is 7. The molecular weight excluding hydrogens is 474 g/mol. The molecule has 0 atom stereocenters. The molecule has 36 heavy (non-hydrogen) atoms. The van der Waals surface area contributed by atoms with Gasteiger partial charge < -0.3 is 20.4 Å². The van der Waals surface area contributed by atoms with Gasteiger partial charge >= 0.3 is 0 Å². The molecule has 11 heteroatoms. The number of aromatic nitrogens is 5. The number of piperazine rings is 1. The van der Waals surface area contributed by atoms with Crippen molar-refractivity contribution in [3.05, 3.63) is 36.0 Å². The van der Waals surface area contributed by atoms with E-state index in [2.05, 4.69) is 63.4 Å². The summed E-state index contributed by atoms with van der Waals surface area (Å²) in [6.45, 7) is 10.0. The normalized spacial score (nSPS) is 16.7. The van der Waals surface area contributed by atoms with Crippen molar-refractivity contribution >= 4 is 41.1 Å². The van der Waals surface area contributed by atoms with Crippen LogP contribution in [0, 0.1) is 5.92 Å². The Kier molecular flexibility index (Phi) is 6.85. The fourth-order valence-electron chi connectivity index (χ4n) is 3.78. The Bertz CT molecular complexity index is 1210. The van der Waals surface area contributed by atoms with E-state index in [9.17, 15) is 4.79 Å². The van der Waals surface area contributed by atoms with Crippen molar-refractivity contribution in [1.29, 1.82) is 0 Å². The van der Waals surface area contributed by atoms with Gasteiger partial charge in [-0.05, 0) is 55.9 Å². The zero-order chi connectivity index (χ0) is 25.3. The summed E-state index contributed by atoms with van der Waals surface area (Å²) < 4.78 is 0. The molecule has 1 saturated heterocycles. The number of aromatic amines is 1. The number of H-pyrrole nitrogens is 1. The van der Waals surface area contributed by atoms with E-state index < -0.39 is 0 Å². The zero-order valence-electron chi connectivity index (χ0n) is 21.2. The van der Waals surface area contributed by atoms with E-state index in [4.69, 9.17) is 9.97 Å². The number of amides is 1. The van der Waals surface area contributed by atoms with Gasteiger partial charge in [-0.15, -0.1) is 0 Å². The van der Waals surface area contributed by atoms with Crippen LogP contribution < -0.4 is 15.5 Å². The monoisotopic (exact) mass is 507 g/mol. The van der Waals surface area contributed by atoms with Crippen LogP contribution in [-0.4, -0.2) is 69.2 Å². The predicted octanol–water partition coefficient (Wildman–Crippen LogP) is 3.89. The van der Waals surface area contributed by atoms with Gasteiger partial charge in [0.15, 0.2) is 11.0 Å². The number of anilines is 4. The minimum atomic E-state index is -0.0394. The number of nitrogens with zero attached hydrogens (tertiary/aromatic N) is 6. The first-order valence-corrected chi connectivity index (χ1v) is 13.2. The fourth-order valence-corrected chi connectivity index (χ4v) is 4.52. The van der Waals surface area contributed by atoms with Gasteiger partial charge in [-0.3, -0.25) is 9.89 Å². The summed E-state index contributed by atoms with van der Waals surface area (Å²) in [5.74, 6) is 2.07. The molecule has 0 radical (unpaired) electrons. The third-order valence-electron chi connectivity index (χ3n) is 6.29. The Labute approximate surface area is 215 Å². The SMILES string of the molecule is CN1CCN(c2nc(Nc3cc(C(C)(C)C)[nH]n3)nc(Sc3ccc(NC(=O)C4CC4)cc3)n2)CC1. The molecule has 1 amide bonds. The van der Waals surface area contributed by atoms with Crippen LogP contribution in [0.1, 0.15) is 39.3 Å². The van der Waals surface area contributed by atoms with E-state index >= 15 is 0 Å². The number of carbonyl (C=O) groups excluding carboxylic acids is 1. The topological polar surface area (TPSA) is 115 Å². The number of hydrogen-bond acceptors (Lipinski definition) is 9. The highest BCUT2D eigenvalue weighted by Crippen LogP contribution is 2.32. The van der Waals surface area contributed by atoms with E-state index in [1.807, 2.05) is 30.3 Å². The standard InChI is InChI=1S/C25H33N9OS/c1-25(2,3)19-15-20(32-31-19)27-22-28-23(34-13-11-33(4)12-14-34)30-24(29-22)36-18-9-7-17(8-10-18)26-21(35)16-5-6-16/h7-10,15-16H,5-6,11-14H2,1-4H3,(H,26,35)(H2,27,28,29,30,31,32). The first-order valence-electron chi connectivity index (χ1n) is 12.3. The first kappa shape index (κ1) is 24.5. The van der Waals surface area contributed by atoms with Crippen LogP contribution in [0.3, 0.4) is 0 Å². The lowest BCUT2D eigenvalue weighted by Gasteiger charge is -2.32. The van der Waals surface area contributed by atoms with Gasteiger partial charge in [0, 0.05) is 59.9 Å². The molecule has 190 valence electrons. The van der Waals surface area contributed by atoms with Crippen LogP contribution in [0.2, 0.25) is 0 Å². The summed E-state index contributed by atoms with van der Waals surface area (Å²) in [5, 5.41) is 14.3. The number of likely N-dealkylation sites (N-methyl/N-ethyl adjacent to an activating group) is 1. The molecular formula is C25H33N9OS. The third kappa shape index (κ3) is 6.14. The van der Waals surface area contributed by atoms with Crippen molar-refractivity contribution < 1.29 is 4.79 Å². The Hall–Kier alpha value is -3.18. The van der Waals surface area contributed by atoms with E-state index in [0.717, 1.165) is 55.3 Å².